The van der Waals surface area contributed by atoms with Gasteiger partial charge in [0.05, 0.1) is 18.8 Å². The predicted octanol–water partition coefficient (Wildman–Crippen LogP) is 12.4. The largest absolute Gasteiger partial charge is 0.394 e. The fraction of sp³-hybridized carbons (Fsp3) is 0.791. The zero-order chi connectivity index (χ0) is 34.3. The van der Waals surface area contributed by atoms with E-state index >= 15 is 0 Å². The SMILES string of the molecule is CCCCCCCC/C=C/CC/C=C/C(O)C(CO)NC(=O)CCCCCCCCC/C=C\C/C=C\CCCCCCCCCCC. The smallest absolute Gasteiger partial charge is 0.220 e. The number of carbonyl (C=O) groups excluding carboxylic acids is 1. The number of rotatable bonds is 36. The summed E-state index contributed by atoms with van der Waals surface area (Å²) in [4.78, 5) is 12.3. The molecule has 0 saturated carbocycles. The van der Waals surface area contributed by atoms with Gasteiger partial charge in [0.1, 0.15) is 0 Å². The van der Waals surface area contributed by atoms with E-state index in [9.17, 15) is 15.0 Å². The normalized spacial score (nSPS) is 13.5. The number of amides is 1. The van der Waals surface area contributed by atoms with Crippen LogP contribution >= 0.6 is 0 Å². The van der Waals surface area contributed by atoms with Gasteiger partial charge in [0.2, 0.25) is 5.91 Å². The van der Waals surface area contributed by atoms with Gasteiger partial charge in [-0.15, -0.1) is 0 Å². The Bertz CT molecular complexity index is 756. The van der Waals surface area contributed by atoms with E-state index in [1.807, 2.05) is 6.08 Å². The van der Waals surface area contributed by atoms with Crippen LogP contribution in [-0.2, 0) is 4.79 Å². The van der Waals surface area contributed by atoms with Gasteiger partial charge in [-0.2, -0.15) is 0 Å². The summed E-state index contributed by atoms with van der Waals surface area (Å²) in [5.74, 6) is -0.0840. The minimum atomic E-state index is -0.864. The third-order valence-electron chi connectivity index (χ3n) is 9.03. The van der Waals surface area contributed by atoms with Crippen LogP contribution in [0.25, 0.3) is 0 Å². The first-order chi connectivity index (χ1) is 23.2. The Hall–Kier alpha value is -1.65. The maximum Gasteiger partial charge on any atom is 0.220 e. The van der Waals surface area contributed by atoms with E-state index in [0.717, 1.165) is 44.9 Å². The molecule has 0 rings (SSSR count). The zero-order valence-corrected chi connectivity index (χ0v) is 31.3. The minimum Gasteiger partial charge on any atom is -0.394 e. The summed E-state index contributed by atoms with van der Waals surface area (Å²) in [6, 6.07) is -0.642. The summed E-state index contributed by atoms with van der Waals surface area (Å²) >= 11 is 0. The molecular weight excluding hydrogens is 578 g/mol. The first kappa shape index (κ1) is 45.3. The highest BCUT2D eigenvalue weighted by atomic mass is 16.3. The fourth-order valence-corrected chi connectivity index (χ4v) is 5.87. The lowest BCUT2D eigenvalue weighted by atomic mass is 10.1. The summed E-state index contributed by atoms with van der Waals surface area (Å²) in [7, 11) is 0. The Labute approximate surface area is 293 Å². The van der Waals surface area contributed by atoms with Crippen LogP contribution in [0.1, 0.15) is 200 Å². The lowest BCUT2D eigenvalue weighted by molar-refractivity contribution is -0.123. The molecule has 0 bridgehead atoms. The molecular formula is C43H79NO3. The van der Waals surface area contributed by atoms with Crippen LogP contribution in [-0.4, -0.2) is 34.9 Å². The summed E-state index contributed by atoms with van der Waals surface area (Å²) in [5, 5.41) is 22.9. The van der Waals surface area contributed by atoms with Crippen LogP contribution in [0, 0.1) is 0 Å². The van der Waals surface area contributed by atoms with Gasteiger partial charge in [-0.1, -0.05) is 178 Å². The molecule has 0 saturated heterocycles. The Balaban J connectivity index is 3.62. The lowest BCUT2D eigenvalue weighted by Gasteiger charge is -2.19. The molecule has 1 amide bonds. The van der Waals surface area contributed by atoms with Crippen LogP contribution < -0.4 is 5.32 Å². The van der Waals surface area contributed by atoms with Gasteiger partial charge in [-0.05, 0) is 64.2 Å². The molecule has 0 aliphatic rings. The highest BCUT2D eigenvalue weighted by Gasteiger charge is 2.17. The van der Waals surface area contributed by atoms with Crippen molar-refractivity contribution in [1.82, 2.24) is 5.32 Å². The number of aliphatic hydroxyl groups excluding tert-OH is 2. The third kappa shape index (κ3) is 35.5. The summed E-state index contributed by atoms with van der Waals surface area (Å²) in [6.07, 6.45) is 52.1. The van der Waals surface area contributed by atoms with Gasteiger partial charge < -0.3 is 15.5 Å². The van der Waals surface area contributed by atoms with Gasteiger partial charge in [0, 0.05) is 6.42 Å². The van der Waals surface area contributed by atoms with E-state index in [-0.39, 0.29) is 12.5 Å². The topological polar surface area (TPSA) is 69.6 Å². The standard InChI is InChI=1S/C43H79NO3/c1-3-5-7-9-11-13-15-17-18-19-20-21-22-23-24-25-26-27-29-31-33-35-37-39-43(47)44-41(40-45)42(46)38-36-34-32-30-28-16-14-12-10-8-6-4-2/h20-21,23-24,28,30,36,38,41-42,45-46H,3-19,22,25-27,29,31-35,37,39-40H2,1-2H3,(H,44,47)/b21-20-,24-23-,30-28+,38-36+. The molecule has 47 heavy (non-hydrogen) atoms. The first-order valence-electron chi connectivity index (χ1n) is 20.4. The Morgan fingerprint density at radius 2 is 0.894 bits per heavy atom. The quantitative estimate of drug-likeness (QED) is 0.0464. The van der Waals surface area contributed by atoms with Crippen molar-refractivity contribution >= 4 is 5.91 Å². The minimum absolute atomic E-state index is 0.0840. The van der Waals surface area contributed by atoms with Crippen molar-refractivity contribution in [2.24, 2.45) is 0 Å². The molecule has 0 radical (unpaired) electrons. The highest BCUT2D eigenvalue weighted by Crippen LogP contribution is 2.13. The number of hydrogen-bond donors (Lipinski definition) is 3. The van der Waals surface area contributed by atoms with E-state index in [1.54, 1.807) is 6.08 Å². The van der Waals surface area contributed by atoms with Crippen LogP contribution in [0.4, 0.5) is 0 Å². The van der Waals surface area contributed by atoms with Crippen molar-refractivity contribution in [2.75, 3.05) is 6.61 Å². The van der Waals surface area contributed by atoms with Crippen molar-refractivity contribution in [2.45, 2.75) is 212 Å². The number of unbranched alkanes of at least 4 members (excludes halogenated alkanes) is 23. The first-order valence-corrected chi connectivity index (χ1v) is 20.4. The molecule has 0 fully saturated rings. The van der Waals surface area contributed by atoms with E-state index < -0.39 is 12.1 Å². The molecule has 274 valence electrons. The molecule has 4 nitrogen and oxygen atoms in total. The van der Waals surface area contributed by atoms with Gasteiger partial charge in [-0.3, -0.25) is 4.79 Å². The van der Waals surface area contributed by atoms with Gasteiger partial charge in [-0.25, -0.2) is 0 Å². The summed E-state index contributed by atoms with van der Waals surface area (Å²) < 4.78 is 0. The second kappa shape index (κ2) is 38.8. The summed E-state index contributed by atoms with van der Waals surface area (Å²) in [5.41, 5.74) is 0. The van der Waals surface area contributed by atoms with Crippen molar-refractivity contribution in [3.05, 3.63) is 48.6 Å². The van der Waals surface area contributed by atoms with Gasteiger partial charge >= 0.3 is 0 Å². The van der Waals surface area contributed by atoms with E-state index in [4.69, 9.17) is 0 Å². The molecule has 0 aromatic carbocycles. The van der Waals surface area contributed by atoms with E-state index in [1.165, 1.54) is 135 Å². The maximum atomic E-state index is 12.3. The maximum absolute atomic E-state index is 12.3. The molecule has 2 atom stereocenters. The number of allylic oxidation sites excluding steroid dienone is 7. The van der Waals surface area contributed by atoms with Crippen LogP contribution in [0.15, 0.2) is 48.6 Å². The number of aliphatic hydroxyl groups is 2. The van der Waals surface area contributed by atoms with Gasteiger partial charge in [0.25, 0.3) is 0 Å². The Morgan fingerprint density at radius 3 is 1.36 bits per heavy atom. The number of carbonyl (C=O) groups is 1. The second-order valence-electron chi connectivity index (χ2n) is 13.7. The van der Waals surface area contributed by atoms with Crippen molar-refractivity contribution in [1.29, 1.82) is 0 Å². The van der Waals surface area contributed by atoms with Crippen LogP contribution in [0.3, 0.4) is 0 Å². The average Bonchev–Trinajstić information content (AvgIpc) is 3.07. The third-order valence-corrected chi connectivity index (χ3v) is 9.03. The van der Waals surface area contributed by atoms with Crippen LogP contribution in [0.2, 0.25) is 0 Å². The number of nitrogens with one attached hydrogen (secondary N) is 1. The molecule has 0 spiro atoms. The molecule has 2 unspecified atom stereocenters. The lowest BCUT2D eigenvalue weighted by Crippen LogP contribution is -2.45. The average molecular weight is 658 g/mol. The van der Waals surface area contributed by atoms with E-state index in [2.05, 4.69) is 55.6 Å². The summed E-state index contributed by atoms with van der Waals surface area (Å²) in [6.45, 7) is 4.27. The van der Waals surface area contributed by atoms with Gasteiger partial charge in [0.15, 0.2) is 0 Å². The van der Waals surface area contributed by atoms with Crippen LogP contribution in [0.5, 0.6) is 0 Å². The monoisotopic (exact) mass is 658 g/mol. The molecule has 0 aromatic heterocycles. The van der Waals surface area contributed by atoms with E-state index in [0.29, 0.717) is 6.42 Å². The Morgan fingerprint density at radius 1 is 0.511 bits per heavy atom. The van der Waals surface area contributed by atoms with Crippen molar-refractivity contribution in [3.8, 4) is 0 Å². The number of hydrogen-bond acceptors (Lipinski definition) is 3. The van der Waals surface area contributed by atoms with Crippen molar-refractivity contribution < 1.29 is 15.0 Å². The fourth-order valence-electron chi connectivity index (χ4n) is 5.87. The molecule has 0 aliphatic heterocycles. The molecule has 0 heterocycles. The van der Waals surface area contributed by atoms with Crippen molar-refractivity contribution in [3.63, 3.8) is 0 Å². The highest BCUT2D eigenvalue weighted by molar-refractivity contribution is 5.76. The second-order valence-corrected chi connectivity index (χ2v) is 13.7. The Kier molecular flexibility index (Phi) is 37.4. The predicted molar refractivity (Wildman–Crippen MR) is 207 cm³/mol. The molecule has 0 aromatic rings. The molecule has 3 N–H and O–H groups in total. The molecule has 0 aliphatic carbocycles. The zero-order valence-electron chi connectivity index (χ0n) is 31.3. The molecule has 4 heteroatoms.